The third-order valence-electron chi connectivity index (χ3n) is 7.48. The molecule has 2 aliphatic rings. The minimum Gasteiger partial charge on any atom is -0.427 e. The standard InChI is InChI=1S/C31H38F3N5O6S/c1-17(2)15-22(38-26(40)19(36)7-5-6-13-35)28(42)39(23-12-14-44-29(23)45-30(43)31(32,33)34)27(41)18-10-11-25-21(16-18)37-20-8-3-4-9-24(20)46-25/h3-4,8-11,16-17,19,22-23,29,37H,5-7,12-15,35-36H2,1-2H3,(H,38,40)/t19-,22-,23-,29?/m0/s1. The molecule has 3 amide bonds. The lowest BCUT2D eigenvalue weighted by atomic mass is 9.99. The number of esters is 1. The Balaban J connectivity index is 1.68. The van der Waals surface area contributed by atoms with Gasteiger partial charge in [-0.15, -0.1) is 0 Å². The molecule has 2 aliphatic heterocycles. The van der Waals surface area contributed by atoms with Gasteiger partial charge in [-0.25, -0.2) is 4.79 Å². The third kappa shape index (κ3) is 8.57. The van der Waals surface area contributed by atoms with Gasteiger partial charge in [0.2, 0.25) is 12.2 Å². The van der Waals surface area contributed by atoms with E-state index < -0.39 is 54.3 Å². The molecular weight excluding hydrogens is 627 g/mol. The Hall–Kier alpha value is -3.66. The highest BCUT2D eigenvalue weighted by atomic mass is 32.2. The van der Waals surface area contributed by atoms with Gasteiger partial charge in [-0.1, -0.05) is 44.2 Å². The van der Waals surface area contributed by atoms with Crippen molar-refractivity contribution in [2.75, 3.05) is 18.5 Å². The highest BCUT2D eigenvalue weighted by Gasteiger charge is 2.49. The molecule has 0 aliphatic carbocycles. The van der Waals surface area contributed by atoms with Gasteiger partial charge in [0.05, 0.1) is 24.0 Å². The number of anilines is 2. The fourth-order valence-corrected chi connectivity index (χ4v) is 6.16. The molecule has 0 spiro atoms. The number of ether oxygens (including phenoxy) is 2. The molecule has 2 heterocycles. The normalized spacial score (nSPS) is 18.5. The van der Waals surface area contributed by atoms with Gasteiger partial charge in [0.15, 0.2) is 0 Å². The van der Waals surface area contributed by atoms with Gasteiger partial charge < -0.3 is 31.6 Å². The van der Waals surface area contributed by atoms with Crippen LogP contribution in [0.15, 0.2) is 52.3 Å². The van der Waals surface area contributed by atoms with Crippen molar-refractivity contribution in [3.8, 4) is 0 Å². The number of carbonyl (C=O) groups excluding carboxylic acids is 4. The molecule has 2 aromatic rings. The third-order valence-corrected chi connectivity index (χ3v) is 8.63. The van der Waals surface area contributed by atoms with Gasteiger partial charge in [-0.05, 0) is 68.5 Å². The number of hydrogen-bond donors (Lipinski definition) is 4. The van der Waals surface area contributed by atoms with Crippen LogP contribution in [0.5, 0.6) is 0 Å². The van der Waals surface area contributed by atoms with Crippen molar-refractivity contribution in [3.63, 3.8) is 0 Å². The minimum atomic E-state index is -5.33. The first-order valence-electron chi connectivity index (χ1n) is 15.0. The number of fused-ring (bicyclic) bond motifs is 2. The first-order chi connectivity index (χ1) is 21.8. The number of halogens is 3. The van der Waals surface area contributed by atoms with Crippen molar-refractivity contribution in [3.05, 3.63) is 48.0 Å². The predicted molar refractivity (Wildman–Crippen MR) is 164 cm³/mol. The van der Waals surface area contributed by atoms with E-state index in [1.807, 2.05) is 24.3 Å². The molecule has 1 unspecified atom stereocenters. The number of hydrogen-bond acceptors (Lipinski definition) is 10. The number of nitrogens with one attached hydrogen (secondary N) is 2. The Morgan fingerprint density at radius 1 is 1.11 bits per heavy atom. The molecule has 15 heteroatoms. The molecule has 1 fully saturated rings. The number of amides is 3. The Bertz CT molecular complexity index is 1440. The zero-order chi connectivity index (χ0) is 33.6. The van der Waals surface area contributed by atoms with E-state index in [1.165, 1.54) is 23.9 Å². The zero-order valence-corrected chi connectivity index (χ0v) is 26.3. The summed E-state index contributed by atoms with van der Waals surface area (Å²) in [6.07, 6.45) is -5.69. The number of nitrogens with zero attached hydrogens (tertiary/aromatic N) is 1. The molecule has 11 nitrogen and oxygen atoms in total. The summed E-state index contributed by atoms with van der Waals surface area (Å²) in [5.74, 6) is -5.05. The lowest BCUT2D eigenvalue weighted by Crippen LogP contribution is -2.58. The number of unbranched alkanes of at least 4 members (excludes halogenated alkanes) is 1. The van der Waals surface area contributed by atoms with Crippen LogP contribution in [0.2, 0.25) is 0 Å². The quantitative estimate of drug-likeness (QED) is 0.164. The van der Waals surface area contributed by atoms with Crippen LogP contribution < -0.4 is 22.1 Å². The van der Waals surface area contributed by atoms with E-state index in [0.717, 1.165) is 20.4 Å². The summed E-state index contributed by atoms with van der Waals surface area (Å²) in [7, 11) is 0. The van der Waals surface area contributed by atoms with Crippen LogP contribution in [-0.4, -0.2) is 72.3 Å². The van der Waals surface area contributed by atoms with Crippen LogP contribution in [0.25, 0.3) is 0 Å². The van der Waals surface area contributed by atoms with Crippen molar-refractivity contribution in [2.45, 2.75) is 86.3 Å². The number of alkyl halides is 3. The van der Waals surface area contributed by atoms with Crippen molar-refractivity contribution in [1.29, 1.82) is 0 Å². The number of rotatable bonds is 12. The van der Waals surface area contributed by atoms with Gasteiger partial charge in [-0.2, -0.15) is 13.2 Å². The average Bonchev–Trinajstić information content (AvgIpc) is 3.45. The SMILES string of the molecule is CC(C)C[C@H](NC(=O)[C@@H](N)CCCCN)C(=O)N(C(=O)c1ccc2c(c1)Nc1ccccc1S2)[C@H]1CCOC1OC(=O)C(F)(F)F. The highest BCUT2D eigenvalue weighted by Crippen LogP contribution is 2.44. The van der Waals surface area contributed by atoms with Gasteiger partial charge in [-0.3, -0.25) is 19.3 Å². The van der Waals surface area contributed by atoms with Gasteiger partial charge in [0, 0.05) is 15.4 Å². The van der Waals surface area contributed by atoms with Crippen LogP contribution in [-0.2, 0) is 23.9 Å². The van der Waals surface area contributed by atoms with E-state index in [0.29, 0.717) is 31.5 Å². The number of benzene rings is 2. The highest BCUT2D eigenvalue weighted by molar-refractivity contribution is 7.99. The van der Waals surface area contributed by atoms with E-state index in [2.05, 4.69) is 15.4 Å². The zero-order valence-electron chi connectivity index (χ0n) is 25.5. The number of nitrogens with two attached hydrogens (primary N) is 2. The molecule has 46 heavy (non-hydrogen) atoms. The van der Waals surface area contributed by atoms with Crippen LogP contribution in [0, 0.1) is 5.92 Å². The van der Waals surface area contributed by atoms with Crippen molar-refractivity contribution in [1.82, 2.24) is 10.2 Å². The Morgan fingerprint density at radius 2 is 1.83 bits per heavy atom. The average molecular weight is 666 g/mol. The molecule has 1 saturated heterocycles. The summed E-state index contributed by atoms with van der Waals surface area (Å²) in [4.78, 5) is 55.8. The topological polar surface area (TPSA) is 166 Å². The second-order valence-corrected chi connectivity index (χ2v) is 12.6. The van der Waals surface area contributed by atoms with E-state index in [4.69, 9.17) is 16.2 Å². The first-order valence-corrected chi connectivity index (χ1v) is 15.8. The molecule has 250 valence electrons. The summed E-state index contributed by atoms with van der Waals surface area (Å²) in [6, 6.07) is 8.64. The molecule has 0 aromatic heterocycles. The number of imide groups is 1. The Morgan fingerprint density at radius 3 is 2.52 bits per heavy atom. The van der Waals surface area contributed by atoms with Gasteiger partial charge in [0.1, 0.15) is 12.1 Å². The van der Waals surface area contributed by atoms with Crippen LogP contribution in [0.3, 0.4) is 0 Å². The second kappa shape index (κ2) is 15.3. The minimum absolute atomic E-state index is 0.0421. The summed E-state index contributed by atoms with van der Waals surface area (Å²) < 4.78 is 49.3. The van der Waals surface area contributed by atoms with Gasteiger partial charge in [0.25, 0.3) is 11.8 Å². The molecule has 4 atom stereocenters. The summed E-state index contributed by atoms with van der Waals surface area (Å²) >= 11 is 1.48. The fourth-order valence-electron chi connectivity index (χ4n) is 5.19. The molecule has 0 radical (unpaired) electrons. The molecule has 4 rings (SSSR count). The predicted octanol–water partition coefficient (Wildman–Crippen LogP) is 4.07. The van der Waals surface area contributed by atoms with E-state index in [1.54, 1.807) is 19.9 Å². The summed E-state index contributed by atoms with van der Waals surface area (Å²) in [6.45, 7) is 3.84. The maximum absolute atomic E-state index is 14.3. The summed E-state index contributed by atoms with van der Waals surface area (Å²) in [5.41, 5.74) is 13.0. The monoisotopic (exact) mass is 665 g/mol. The first kappa shape index (κ1) is 35.2. The van der Waals surface area contributed by atoms with E-state index >= 15 is 0 Å². The van der Waals surface area contributed by atoms with E-state index in [9.17, 15) is 32.3 Å². The fraction of sp³-hybridized carbons (Fsp3) is 0.484. The molecule has 0 saturated carbocycles. The second-order valence-electron chi connectivity index (χ2n) is 11.5. The van der Waals surface area contributed by atoms with Crippen molar-refractivity contribution in [2.24, 2.45) is 17.4 Å². The lowest BCUT2D eigenvalue weighted by molar-refractivity contribution is -0.224. The Labute approximate surface area is 268 Å². The summed E-state index contributed by atoms with van der Waals surface area (Å²) in [5, 5.41) is 5.90. The smallest absolute Gasteiger partial charge is 0.427 e. The Kier molecular flexibility index (Phi) is 11.7. The van der Waals surface area contributed by atoms with Crippen molar-refractivity contribution >= 4 is 46.8 Å². The maximum atomic E-state index is 14.3. The van der Waals surface area contributed by atoms with Crippen molar-refractivity contribution < 1.29 is 41.8 Å². The lowest BCUT2D eigenvalue weighted by Gasteiger charge is -2.34. The number of para-hydroxylation sites is 1. The molecular formula is C31H38F3N5O6S. The van der Waals surface area contributed by atoms with Gasteiger partial charge >= 0.3 is 12.1 Å². The van der Waals surface area contributed by atoms with Crippen LogP contribution in [0.4, 0.5) is 24.5 Å². The van der Waals surface area contributed by atoms with E-state index in [-0.39, 0.29) is 30.9 Å². The molecule has 6 N–H and O–H groups in total. The molecule has 2 aromatic carbocycles. The van der Waals surface area contributed by atoms with Crippen LogP contribution in [0.1, 0.15) is 56.3 Å². The largest absolute Gasteiger partial charge is 0.491 e. The molecule has 0 bridgehead atoms. The number of carbonyl (C=O) groups is 4. The maximum Gasteiger partial charge on any atom is 0.491 e. The van der Waals surface area contributed by atoms with Crippen LogP contribution >= 0.6 is 11.8 Å².